The second kappa shape index (κ2) is 7.79. The van der Waals surface area contributed by atoms with Crippen LogP contribution in [0, 0.1) is 0 Å². The lowest BCUT2D eigenvalue weighted by Crippen LogP contribution is -2.25. The van der Waals surface area contributed by atoms with Crippen molar-refractivity contribution in [2.45, 2.75) is 13.3 Å². The molecule has 0 radical (unpaired) electrons. The molecule has 0 bridgehead atoms. The Balaban J connectivity index is 1.78. The molecule has 2 aromatic rings. The number of carbonyl (C=O) groups is 1. The maximum absolute atomic E-state index is 11.7. The van der Waals surface area contributed by atoms with Crippen LogP contribution in [0.2, 0.25) is 0 Å². The third-order valence-electron chi connectivity index (χ3n) is 2.90. The molecule has 0 atom stereocenters. The summed E-state index contributed by atoms with van der Waals surface area (Å²) in [6, 6.07) is 11.6. The number of hydrazone groups is 1. The first-order chi connectivity index (χ1) is 10.3. The Hall–Kier alpha value is -2.69. The van der Waals surface area contributed by atoms with E-state index in [1.54, 1.807) is 18.6 Å². The quantitative estimate of drug-likeness (QED) is 0.630. The molecule has 0 aliphatic heterocycles. The van der Waals surface area contributed by atoms with Gasteiger partial charge in [-0.25, -0.2) is 5.43 Å². The number of carbonyl (C=O) groups excluding carboxylic acids is 1. The summed E-state index contributed by atoms with van der Waals surface area (Å²) in [4.78, 5) is 15.6. The Labute approximate surface area is 124 Å². The number of hydrogen-bond donors (Lipinski definition) is 2. The standard InChI is InChI=1S/C16H18N4O/c1-2-13-4-3-5-15(10-13)18-12-16(21)20-19-11-14-6-8-17-9-7-14/h3-11,18H,2,12H2,1H3,(H,20,21)/b19-11+. The number of aryl methyl sites for hydroxylation is 1. The van der Waals surface area contributed by atoms with Crippen LogP contribution in [0.15, 0.2) is 53.9 Å². The minimum Gasteiger partial charge on any atom is -0.376 e. The molecule has 2 N–H and O–H groups in total. The molecule has 2 rings (SSSR count). The van der Waals surface area contributed by atoms with E-state index in [0.717, 1.165) is 17.7 Å². The van der Waals surface area contributed by atoms with Gasteiger partial charge in [0, 0.05) is 18.1 Å². The molecule has 0 saturated carbocycles. The Morgan fingerprint density at radius 2 is 2.10 bits per heavy atom. The summed E-state index contributed by atoms with van der Waals surface area (Å²) >= 11 is 0. The Morgan fingerprint density at radius 1 is 1.29 bits per heavy atom. The molecule has 0 saturated heterocycles. The lowest BCUT2D eigenvalue weighted by atomic mass is 10.1. The molecule has 108 valence electrons. The Bertz CT molecular complexity index is 611. The van der Waals surface area contributed by atoms with Crippen molar-refractivity contribution in [1.29, 1.82) is 0 Å². The largest absolute Gasteiger partial charge is 0.376 e. The molecule has 1 heterocycles. The van der Waals surface area contributed by atoms with E-state index >= 15 is 0 Å². The van der Waals surface area contributed by atoms with E-state index < -0.39 is 0 Å². The highest BCUT2D eigenvalue weighted by Gasteiger charge is 1.99. The number of nitrogens with zero attached hydrogens (tertiary/aromatic N) is 2. The molecule has 0 aliphatic carbocycles. The first-order valence-electron chi connectivity index (χ1n) is 6.82. The van der Waals surface area contributed by atoms with Crippen LogP contribution in [-0.4, -0.2) is 23.7 Å². The summed E-state index contributed by atoms with van der Waals surface area (Å²) in [7, 11) is 0. The Morgan fingerprint density at radius 3 is 2.86 bits per heavy atom. The molecule has 5 heteroatoms. The van der Waals surface area contributed by atoms with Gasteiger partial charge in [0.15, 0.2) is 0 Å². The van der Waals surface area contributed by atoms with Crippen molar-refractivity contribution in [3.63, 3.8) is 0 Å². The molecule has 5 nitrogen and oxygen atoms in total. The molecule has 1 amide bonds. The zero-order chi connectivity index (χ0) is 14.9. The number of hydrogen-bond acceptors (Lipinski definition) is 4. The third kappa shape index (κ3) is 5.06. The summed E-state index contributed by atoms with van der Waals surface area (Å²) in [5.41, 5.74) is 5.53. The van der Waals surface area contributed by atoms with Crippen molar-refractivity contribution in [3.8, 4) is 0 Å². The minimum absolute atomic E-state index is 0.181. The van der Waals surface area contributed by atoms with Gasteiger partial charge in [-0.1, -0.05) is 19.1 Å². The van der Waals surface area contributed by atoms with Gasteiger partial charge in [-0.3, -0.25) is 9.78 Å². The van der Waals surface area contributed by atoms with Gasteiger partial charge in [0.1, 0.15) is 0 Å². The fraction of sp³-hybridized carbons (Fsp3) is 0.188. The van der Waals surface area contributed by atoms with Crippen LogP contribution in [0.3, 0.4) is 0 Å². The zero-order valence-electron chi connectivity index (χ0n) is 11.9. The van der Waals surface area contributed by atoms with Gasteiger partial charge in [0.25, 0.3) is 5.91 Å². The van der Waals surface area contributed by atoms with Gasteiger partial charge in [-0.05, 0) is 41.8 Å². The molecule has 21 heavy (non-hydrogen) atoms. The number of benzene rings is 1. The van der Waals surface area contributed by atoms with Crippen molar-refractivity contribution in [2.24, 2.45) is 5.10 Å². The average Bonchev–Trinajstić information content (AvgIpc) is 2.54. The van der Waals surface area contributed by atoms with Crippen LogP contribution >= 0.6 is 0 Å². The highest BCUT2D eigenvalue weighted by molar-refractivity contribution is 5.84. The zero-order valence-corrected chi connectivity index (χ0v) is 11.9. The molecule has 1 aromatic carbocycles. The Kier molecular flexibility index (Phi) is 5.46. The van der Waals surface area contributed by atoms with E-state index in [2.05, 4.69) is 33.8 Å². The van der Waals surface area contributed by atoms with Gasteiger partial charge in [0.2, 0.25) is 0 Å². The van der Waals surface area contributed by atoms with Crippen molar-refractivity contribution in [3.05, 3.63) is 59.9 Å². The summed E-state index contributed by atoms with van der Waals surface area (Å²) in [5, 5.41) is 6.97. The van der Waals surface area contributed by atoms with Crippen LogP contribution in [0.4, 0.5) is 5.69 Å². The molecule has 0 aliphatic rings. The van der Waals surface area contributed by atoms with Gasteiger partial charge in [-0.15, -0.1) is 0 Å². The fourth-order valence-corrected chi connectivity index (χ4v) is 1.75. The number of nitrogens with one attached hydrogen (secondary N) is 2. The minimum atomic E-state index is -0.192. The number of amides is 1. The number of anilines is 1. The van der Waals surface area contributed by atoms with Gasteiger partial charge >= 0.3 is 0 Å². The number of pyridine rings is 1. The summed E-state index contributed by atoms with van der Waals surface area (Å²) in [6.07, 6.45) is 5.89. The summed E-state index contributed by atoms with van der Waals surface area (Å²) in [5.74, 6) is -0.192. The van der Waals surface area contributed by atoms with Gasteiger partial charge in [0.05, 0.1) is 12.8 Å². The average molecular weight is 282 g/mol. The second-order valence-electron chi connectivity index (χ2n) is 4.48. The predicted molar refractivity (Wildman–Crippen MR) is 84.3 cm³/mol. The molecule has 0 fully saturated rings. The van der Waals surface area contributed by atoms with Crippen molar-refractivity contribution in [1.82, 2.24) is 10.4 Å². The van der Waals surface area contributed by atoms with Crippen LogP contribution < -0.4 is 10.7 Å². The van der Waals surface area contributed by atoms with Crippen LogP contribution in [0.5, 0.6) is 0 Å². The molecule has 0 unspecified atom stereocenters. The lowest BCUT2D eigenvalue weighted by Gasteiger charge is -2.06. The van der Waals surface area contributed by atoms with E-state index in [-0.39, 0.29) is 12.5 Å². The van der Waals surface area contributed by atoms with E-state index in [1.807, 2.05) is 30.3 Å². The van der Waals surface area contributed by atoms with Gasteiger partial charge in [-0.2, -0.15) is 5.10 Å². The summed E-state index contributed by atoms with van der Waals surface area (Å²) in [6.45, 7) is 2.28. The van der Waals surface area contributed by atoms with Crippen LogP contribution in [0.25, 0.3) is 0 Å². The van der Waals surface area contributed by atoms with Crippen LogP contribution in [-0.2, 0) is 11.2 Å². The van der Waals surface area contributed by atoms with Crippen molar-refractivity contribution >= 4 is 17.8 Å². The maximum atomic E-state index is 11.7. The first kappa shape index (κ1) is 14.7. The first-order valence-corrected chi connectivity index (χ1v) is 6.82. The maximum Gasteiger partial charge on any atom is 0.259 e. The lowest BCUT2D eigenvalue weighted by molar-refractivity contribution is -0.119. The monoisotopic (exact) mass is 282 g/mol. The number of aromatic nitrogens is 1. The highest BCUT2D eigenvalue weighted by Crippen LogP contribution is 2.10. The SMILES string of the molecule is CCc1cccc(NCC(=O)N/N=C/c2ccncc2)c1. The molecule has 0 spiro atoms. The van der Waals surface area contributed by atoms with Crippen molar-refractivity contribution in [2.75, 3.05) is 11.9 Å². The molecular formula is C16H18N4O. The fourth-order valence-electron chi connectivity index (χ4n) is 1.75. The van der Waals surface area contributed by atoms with E-state index in [4.69, 9.17) is 0 Å². The number of rotatable bonds is 6. The predicted octanol–water partition coefficient (Wildman–Crippen LogP) is 2.21. The van der Waals surface area contributed by atoms with Crippen LogP contribution in [0.1, 0.15) is 18.1 Å². The highest BCUT2D eigenvalue weighted by atomic mass is 16.2. The smallest absolute Gasteiger partial charge is 0.259 e. The third-order valence-corrected chi connectivity index (χ3v) is 2.90. The summed E-state index contributed by atoms with van der Waals surface area (Å²) < 4.78 is 0. The van der Waals surface area contributed by atoms with E-state index in [0.29, 0.717) is 0 Å². The molecule has 1 aromatic heterocycles. The second-order valence-corrected chi connectivity index (χ2v) is 4.48. The van der Waals surface area contributed by atoms with E-state index in [9.17, 15) is 4.79 Å². The molecular weight excluding hydrogens is 264 g/mol. The topological polar surface area (TPSA) is 66.4 Å². The van der Waals surface area contributed by atoms with E-state index in [1.165, 1.54) is 5.56 Å². The van der Waals surface area contributed by atoms with Crippen molar-refractivity contribution < 1.29 is 4.79 Å². The normalized spacial score (nSPS) is 10.5. The van der Waals surface area contributed by atoms with Gasteiger partial charge < -0.3 is 5.32 Å².